The molecule has 0 fully saturated rings. The summed E-state index contributed by atoms with van der Waals surface area (Å²) in [4.78, 5) is 29.4. The second kappa shape index (κ2) is 7.85. The number of amides is 2. The number of aryl methyl sites for hydroxylation is 2. The van der Waals surface area contributed by atoms with Crippen molar-refractivity contribution in [1.82, 2.24) is 15.6 Å². The summed E-state index contributed by atoms with van der Waals surface area (Å²) in [7, 11) is 0. The first-order valence-corrected chi connectivity index (χ1v) is 9.45. The first-order chi connectivity index (χ1) is 12.5. The third-order valence-corrected chi connectivity index (χ3v) is 4.88. The molecule has 0 saturated heterocycles. The van der Waals surface area contributed by atoms with Gasteiger partial charge in [0.05, 0.1) is 11.1 Å². The lowest BCUT2D eigenvalue weighted by Crippen LogP contribution is -2.37. The van der Waals surface area contributed by atoms with E-state index < -0.39 is 0 Å². The second-order valence-corrected chi connectivity index (χ2v) is 7.34. The van der Waals surface area contributed by atoms with E-state index in [0.717, 1.165) is 59.0 Å². The van der Waals surface area contributed by atoms with Gasteiger partial charge in [-0.25, -0.2) is 0 Å². The Balaban J connectivity index is 1.84. The van der Waals surface area contributed by atoms with Crippen molar-refractivity contribution in [1.29, 1.82) is 0 Å². The van der Waals surface area contributed by atoms with Crippen LogP contribution >= 0.6 is 0 Å². The molecule has 1 aliphatic carbocycles. The summed E-state index contributed by atoms with van der Waals surface area (Å²) in [6.07, 6.45) is 4.05. The number of fused-ring (bicyclic) bond motifs is 2. The normalized spacial score (nSPS) is 13.5. The lowest BCUT2D eigenvalue weighted by Gasteiger charge is -2.20. The van der Waals surface area contributed by atoms with Crippen molar-refractivity contribution in [3.05, 3.63) is 40.6 Å². The fraction of sp³-hybridized carbons (Fsp3) is 0.476. The minimum atomic E-state index is -0.0695. The Morgan fingerprint density at radius 2 is 1.85 bits per heavy atom. The van der Waals surface area contributed by atoms with Crippen LogP contribution in [0.4, 0.5) is 0 Å². The van der Waals surface area contributed by atoms with Gasteiger partial charge in [0.15, 0.2) is 0 Å². The first-order valence-electron chi connectivity index (χ1n) is 9.45. The Labute approximate surface area is 154 Å². The van der Waals surface area contributed by atoms with Crippen LogP contribution in [0.2, 0.25) is 0 Å². The highest BCUT2D eigenvalue weighted by molar-refractivity contribution is 6.08. The first kappa shape index (κ1) is 18.4. The van der Waals surface area contributed by atoms with Gasteiger partial charge in [0.2, 0.25) is 5.91 Å². The number of hydrogen-bond acceptors (Lipinski definition) is 3. The fourth-order valence-electron chi connectivity index (χ4n) is 3.45. The number of benzene rings is 1. The van der Waals surface area contributed by atoms with Crippen molar-refractivity contribution in [3.8, 4) is 0 Å². The molecule has 0 spiro atoms. The minimum absolute atomic E-state index is 0.00149. The van der Waals surface area contributed by atoms with Gasteiger partial charge < -0.3 is 10.6 Å². The number of pyridine rings is 1. The molecule has 3 rings (SSSR count). The highest BCUT2D eigenvalue weighted by atomic mass is 16.2. The highest BCUT2D eigenvalue weighted by Gasteiger charge is 2.22. The van der Waals surface area contributed by atoms with Crippen LogP contribution < -0.4 is 10.6 Å². The van der Waals surface area contributed by atoms with Crippen molar-refractivity contribution in [3.63, 3.8) is 0 Å². The van der Waals surface area contributed by atoms with E-state index in [2.05, 4.69) is 10.6 Å². The molecule has 138 valence electrons. The molecular formula is C21H27N3O2. The molecule has 2 N–H and O–H groups in total. The third-order valence-electron chi connectivity index (χ3n) is 4.88. The van der Waals surface area contributed by atoms with Crippen LogP contribution in [-0.2, 0) is 17.6 Å². The standard InChI is InChI=1S/C21H27N3O2/c1-13(2)20(25)22-10-11-23-21(26)19-15-6-4-5-7-17(15)24-18-9-8-14(3)12-16(18)19/h8-9,12-13H,4-7,10-11H2,1-3H3,(H,22,25)(H,23,26). The SMILES string of the molecule is Cc1ccc2nc3c(c(C(=O)NCCNC(=O)C(C)C)c2c1)CCCC3. The smallest absolute Gasteiger partial charge is 0.252 e. The summed E-state index contributed by atoms with van der Waals surface area (Å²) >= 11 is 0. The van der Waals surface area contributed by atoms with Crippen molar-refractivity contribution in [2.24, 2.45) is 5.92 Å². The molecule has 5 heteroatoms. The molecule has 2 aromatic rings. The topological polar surface area (TPSA) is 71.1 Å². The second-order valence-electron chi connectivity index (χ2n) is 7.34. The third kappa shape index (κ3) is 3.87. The molecule has 0 radical (unpaired) electrons. The summed E-state index contributed by atoms with van der Waals surface area (Å²) in [5.74, 6) is -0.119. The van der Waals surface area contributed by atoms with Gasteiger partial charge in [-0.1, -0.05) is 25.5 Å². The number of carbonyl (C=O) groups is 2. The van der Waals surface area contributed by atoms with Gasteiger partial charge in [0.25, 0.3) is 5.91 Å². The molecule has 0 atom stereocenters. The molecule has 1 aromatic heterocycles. The van der Waals surface area contributed by atoms with Crippen LogP contribution in [0.25, 0.3) is 10.9 Å². The number of nitrogens with one attached hydrogen (secondary N) is 2. The van der Waals surface area contributed by atoms with Crippen molar-refractivity contribution in [2.45, 2.75) is 46.5 Å². The van der Waals surface area contributed by atoms with Gasteiger partial charge in [-0.2, -0.15) is 0 Å². The lowest BCUT2D eigenvalue weighted by molar-refractivity contribution is -0.123. The summed E-state index contributed by atoms with van der Waals surface area (Å²) in [5.41, 5.74) is 4.93. The molecule has 0 bridgehead atoms. The van der Waals surface area contributed by atoms with E-state index in [1.54, 1.807) is 0 Å². The van der Waals surface area contributed by atoms with E-state index in [1.165, 1.54) is 0 Å². The maximum Gasteiger partial charge on any atom is 0.252 e. The Morgan fingerprint density at radius 1 is 1.12 bits per heavy atom. The molecular weight excluding hydrogens is 326 g/mol. The Morgan fingerprint density at radius 3 is 2.62 bits per heavy atom. The monoisotopic (exact) mass is 353 g/mol. The molecule has 26 heavy (non-hydrogen) atoms. The van der Waals surface area contributed by atoms with Crippen molar-refractivity contribution < 1.29 is 9.59 Å². The van der Waals surface area contributed by atoms with E-state index >= 15 is 0 Å². The molecule has 0 unspecified atom stereocenters. The number of nitrogens with zero attached hydrogens (tertiary/aromatic N) is 1. The van der Waals surface area contributed by atoms with Crippen LogP contribution in [0.3, 0.4) is 0 Å². The number of aromatic nitrogens is 1. The number of hydrogen-bond donors (Lipinski definition) is 2. The zero-order chi connectivity index (χ0) is 18.7. The van der Waals surface area contributed by atoms with Crippen LogP contribution in [0.15, 0.2) is 18.2 Å². The lowest BCUT2D eigenvalue weighted by atomic mass is 9.89. The molecule has 0 saturated carbocycles. The summed E-state index contributed by atoms with van der Waals surface area (Å²) < 4.78 is 0. The minimum Gasteiger partial charge on any atom is -0.354 e. The maximum absolute atomic E-state index is 13.0. The predicted octanol–water partition coefficient (Wildman–Crippen LogP) is 2.92. The summed E-state index contributed by atoms with van der Waals surface area (Å²) in [6.45, 7) is 6.59. The largest absolute Gasteiger partial charge is 0.354 e. The van der Waals surface area contributed by atoms with Crippen molar-refractivity contribution in [2.75, 3.05) is 13.1 Å². The van der Waals surface area contributed by atoms with Gasteiger partial charge in [-0.05, 0) is 50.3 Å². The molecule has 1 heterocycles. The molecule has 1 aromatic carbocycles. The molecule has 0 aliphatic heterocycles. The fourth-order valence-corrected chi connectivity index (χ4v) is 3.45. The predicted molar refractivity (Wildman–Crippen MR) is 103 cm³/mol. The van der Waals surface area contributed by atoms with Gasteiger partial charge in [0, 0.05) is 30.1 Å². The van der Waals surface area contributed by atoms with E-state index in [4.69, 9.17) is 4.98 Å². The average molecular weight is 353 g/mol. The van der Waals surface area contributed by atoms with Gasteiger partial charge in [0.1, 0.15) is 0 Å². The van der Waals surface area contributed by atoms with Gasteiger partial charge in [-0.3, -0.25) is 14.6 Å². The number of rotatable bonds is 5. The zero-order valence-electron chi connectivity index (χ0n) is 15.8. The Bertz CT molecular complexity index is 843. The summed E-state index contributed by atoms with van der Waals surface area (Å²) in [6, 6.07) is 6.08. The number of carbonyl (C=O) groups excluding carboxylic acids is 2. The summed E-state index contributed by atoms with van der Waals surface area (Å²) in [5, 5.41) is 6.73. The van der Waals surface area contributed by atoms with Crippen LogP contribution in [0.5, 0.6) is 0 Å². The quantitative estimate of drug-likeness (QED) is 0.812. The van der Waals surface area contributed by atoms with E-state index in [0.29, 0.717) is 13.1 Å². The van der Waals surface area contributed by atoms with E-state index in [9.17, 15) is 9.59 Å². The van der Waals surface area contributed by atoms with E-state index in [1.807, 2.05) is 39.0 Å². The van der Waals surface area contributed by atoms with Crippen LogP contribution in [-0.4, -0.2) is 29.9 Å². The van der Waals surface area contributed by atoms with E-state index in [-0.39, 0.29) is 17.7 Å². The average Bonchev–Trinajstić information content (AvgIpc) is 2.62. The van der Waals surface area contributed by atoms with Crippen molar-refractivity contribution >= 4 is 22.7 Å². The van der Waals surface area contributed by atoms with Crippen LogP contribution in [0.1, 0.15) is 53.9 Å². The van der Waals surface area contributed by atoms with Gasteiger partial charge in [-0.15, -0.1) is 0 Å². The Hall–Kier alpha value is -2.43. The Kier molecular flexibility index (Phi) is 5.55. The van der Waals surface area contributed by atoms with Gasteiger partial charge >= 0.3 is 0 Å². The van der Waals surface area contributed by atoms with Crippen LogP contribution in [0, 0.1) is 12.8 Å². The zero-order valence-corrected chi connectivity index (χ0v) is 15.8. The molecule has 1 aliphatic rings. The highest BCUT2D eigenvalue weighted by Crippen LogP contribution is 2.29. The molecule has 5 nitrogen and oxygen atoms in total. The molecule has 2 amide bonds. The maximum atomic E-state index is 13.0.